The topological polar surface area (TPSA) is 46.2 Å². The molecular weight excluding hydrogens is 254 g/mol. The highest BCUT2D eigenvalue weighted by atomic mass is 79.9. The maximum atomic E-state index is 9.89. The van der Waals surface area contributed by atoms with Crippen LogP contribution >= 0.6 is 15.9 Å². The van der Waals surface area contributed by atoms with E-state index in [1.54, 1.807) is 0 Å². The van der Waals surface area contributed by atoms with E-state index < -0.39 is 10.0 Å². The lowest BCUT2D eigenvalue weighted by Gasteiger charge is -1.85. The Morgan fingerprint density at radius 3 is 1.77 bits per heavy atom. The highest BCUT2D eigenvalue weighted by molar-refractivity contribution is 9.10. The van der Waals surface area contributed by atoms with Crippen molar-refractivity contribution in [3.8, 4) is 0 Å². The third-order valence-electron chi connectivity index (χ3n) is 1.10. The lowest BCUT2D eigenvalue weighted by molar-refractivity contribution is 0.594. The number of hydrogen-bond donors (Lipinski definition) is 1. The zero-order valence-corrected chi connectivity index (χ0v) is 9.89. The Hall–Kier alpha value is -0.390. The Morgan fingerprint density at radius 1 is 1.23 bits per heavy atom. The van der Waals surface area contributed by atoms with E-state index in [1.807, 2.05) is 30.3 Å². The molecule has 0 spiro atoms. The number of nitrogens with one attached hydrogen (secondary N) is 1. The van der Waals surface area contributed by atoms with Crippen molar-refractivity contribution < 1.29 is 8.42 Å². The molecule has 5 heteroatoms. The second kappa shape index (κ2) is 6.12. The maximum absolute atomic E-state index is 9.89. The first-order valence-electron chi connectivity index (χ1n) is 3.55. The molecule has 0 saturated heterocycles. The molecule has 1 aromatic rings. The Balaban J connectivity index is 0.000000226. The van der Waals surface area contributed by atoms with Crippen LogP contribution in [0, 0.1) is 0 Å². The van der Waals surface area contributed by atoms with Crippen molar-refractivity contribution in [2.45, 2.75) is 0 Å². The summed E-state index contributed by atoms with van der Waals surface area (Å²) in [5.74, 6) is 0. The van der Waals surface area contributed by atoms with Crippen molar-refractivity contribution in [2.24, 2.45) is 0 Å². The van der Waals surface area contributed by atoms with Crippen LogP contribution in [-0.4, -0.2) is 21.7 Å². The van der Waals surface area contributed by atoms with E-state index in [1.165, 1.54) is 7.05 Å². The first kappa shape index (κ1) is 12.6. The molecule has 0 saturated carbocycles. The minimum Gasteiger partial charge on any atom is -0.219 e. The molecule has 0 amide bonds. The third kappa shape index (κ3) is 9.52. The fourth-order valence-electron chi connectivity index (χ4n) is 0.415. The van der Waals surface area contributed by atoms with Gasteiger partial charge in [-0.25, -0.2) is 13.1 Å². The summed E-state index contributed by atoms with van der Waals surface area (Å²) < 4.78 is 23.0. The van der Waals surface area contributed by atoms with Crippen molar-refractivity contribution in [3.05, 3.63) is 34.8 Å². The van der Waals surface area contributed by atoms with Gasteiger partial charge in [-0.1, -0.05) is 34.1 Å². The van der Waals surface area contributed by atoms with Gasteiger partial charge in [0.05, 0.1) is 6.26 Å². The highest BCUT2D eigenvalue weighted by Crippen LogP contribution is 2.05. The predicted octanol–water partition coefficient (Wildman–Crippen LogP) is 1.61. The second-order valence-corrected chi connectivity index (χ2v) is 5.14. The third-order valence-corrected chi connectivity index (χ3v) is 2.37. The zero-order valence-electron chi connectivity index (χ0n) is 7.49. The molecule has 0 aliphatic carbocycles. The Morgan fingerprint density at radius 2 is 1.62 bits per heavy atom. The molecule has 3 nitrogen and oxygen atoms in total. The van der Waals surface area contributed by atoms with E-state index in [4.69, 9.17) is 0 Å². The van der Waals surface area contributed by atoms with Gasteiger partial charge in [0.15, 0.2) is 0 Å². The quantitative estimate of drug-likeness (QED) is 0.839. The van der Waals surface area contributed by atoms with E-state index >= 15 is 0 Å². The Kier molecular flexibility index (Phi) is 5.94. The average Bonchev–Trinajstić information content (AvgIpc) is 2.06. The van der Waals surface area contributed by atoms with Gasteiger partial charge in [-0.05, 0) is 19.2 Å². The molecule has 0 aliphatic heterocycles. The van der Waals surface area contributed by atoms with Crippen molar-refractivity contribution in [1.82, 2.24) is 4.72 Å². The Bertz CT molecular complexity index is 323. The smallest absolute Gasteiger partial charge is 0.208 e. The van der Waals surface area contributed by atoms with Gasteiger partial charge in [0, 0.05) is 4.47 Å². The molecule has 0 bridgehead atoms. The summed E-state index contributed by atoms with van der Waals surface area (Å²) in [6.45, 7) is 0. The molecule has 0 aromatic heterocycles. The largest absolute Gasteiger partial charge is 0.219 e. The monoisotopic (exact) mass is 265 g/mol. The molecule has 1 rings (SSSR count). The van der Waals surface area contributed by atoms with Crippen LogP contribution in [0.5, 0.6) is 0 Å². The number of halogens is 1. The van der Waals surface area contributed by atoms with Crippen LogP contribution in [0.3, 0.4) is 0 Å². The van der Waals surface area contributed by atoms with Crippen LogP contribution in [0.25, 0.3) is 0 Å². The first-order chi connectivity index (χ1) is 5.95. The minimum absolute atomic E-state index is 1.10. The molecule has 1 aromatic carbocycles. The normalized spacial score (nSPS) is 10.1. The van der Waals surface area contributed by atoms with Gasteiger partial charge in [0.25, 0.3) is 0 Å². The summed E-state index contributed by atoms with van der Waals surface area (Å²) in [4.78, 5) is 0. The SMILES string of the molecule is Brc1ccccc1.CNS(C)(=O)=O. The van der Waals surface area contributed by atoms with Gasteiger partial charge in [-0.2, -0.15) is 0 Å². The van der Waals surface area contributed by atoms with E-state index in [0.29, 0.717) is 0 Å². The molecule has 0 fully saturated rings. The predicted molar refractivity (Wildman–Crippen MR) is 58.0 cm³/mol. The van der Waals surface area contributed by atoms with Crippen LogP contribution in [-0.2, 0) is 10.0 Å². The van der Waals surface area contributed by atoms with Crippen LogP contribution in [0.15, 0.2) is 34.8 Å². The van der Waals surface area contributed by atoms with Crippen LogP contribution < -0.4 is 4.72 Å². The summed E-state index contributed by atoms with van der Waals surface area (Å²) in [6.07, 6.45) is 1.10. The first-order valence-corrected chi connectivity index (χ1v) is 6.23. The van der Waals surface area contributed by atoms with Gasteiger partial charge in [-0.15, -0.1) is 0 Å². The molecule has 0 atom stereocenters. The number of sulfonamides is 1. The molecule has 0 aliphatic rings. The fourth-order valence-corrected chi connectivity index (χ4v) is 0.720. The molecule has 74 valence electrons. The zero-order chi connectivity index (χ0) is 10.3. The molecule has 13 heavy (non-hydrogen) atoms. The van der Waals surface area contributed by atoms with Crippen molar-refractivity contribution in [3.63, 3.8) is 0 Å². The number of benzene rings is 1. The summed E-state index contributed by atoms with van der Waals surface area (Å²) in [6, 6.07) is 9.97. The van der Waals surface area contributed by atoms with E-state index in [-0.39, 0.29) is 0 Å². The van der Waals surface area contributed by atoms with Gasteiger partial charge in [0.1, 0.15) is 0 Å². The molecule has 0 radical (unpaired) electrons. The molecule has 1 N–H and O–H groups in total. The van der Waals surface area contributed by atoms with E-state index in [0.717, 1.165) is 10.7 Å². The fraction of sp³-hybridized carbons (Fsp3) is 0.250. The van der Waals surface area contributed by atoms with Gasteiger partial charge < -0.3 is 0 Å². The van der Waals surface area contributed by atoms with Gasteiger partial charge in [0.2, 0.25) is 10.0 Å². The summed E-state index contributed by atoms with van der Waals surface area (Å²) >= 11 is 3.31. The standard InChI is InChI=1S/C6H5Br.C2H7NO2S/c7-6-4-2-1-3-5-6;1-3-6(2,4)5/h1-5H;3H,1-2H3. The van der Waals surface area contributed by atoms with E-state index in [2.05, 4.69) is 20.7 Å². The number of rotatable bonds is 1. The van der Waals surface area contributed by atoms with Crippen LogP contribution in [0.1, 0.15) is 0 Å². The van der Waals surface area contributed by atoms with E-state index in [9.17, 15) is 8.42 Å². The van der Waals surface area contributed by atoms with Crippen LogP contribution in [0.4, 0.5) is 0 Å². The van der Waals surface area contributed by atoms with Crippen LogP contribution in [0.2, 0.25) is 0 Å². The lowest BCUT2D eigenvalue weighted by atomic mass is 10.4. The lowest BCUT2D eigenvalue weighted by Crippen LogP contribution is -2.15. The number of hydrogen-bond acceptors (Lipinski definition) is 2. The highest BCUT2D eigenvalue weighted by Gasteiger charge is 1.88. The average molecular weight is 266 g/mol. The van der Waals surface area contributed by atoms with Crippen molar-refractivity contribution in [2.75, 3.05) is 13.3 Å². The summed E-state index contributed by atoms with van der Waals surface area (Å²) in [5, 5.41) is 0. The molecule has 0 heterocycles. The van der Waals surface area contributed by atoms with Gasteiger partial charge >= 0.3 is 0 Å². The maximum Gasteiger partial charge on any atom is 0.208 e. The second-order valence-electron chi connectivity index (χ2n) is 2.27. The minimum atomic E-state index is -2.91. The summed E-state index contributed by atoms with van der Waals surface area (Å²) in [5.41, 5.74) is 0. The summed E-state index contributed by atoms with van der Waals surface area (Å²) in [7, 11) is -1.54. The molecular formula is C8H12BrNO2S. The molecule has 0 unspecified atom stereocenters. The Labute approximate surface area is 87.3 Å². The van der Waals surface area contributed by atoms with Crippen molar-refractivity contribution >= 4 is 26.0 Å². The van der Waals surface area contributed by atoms with Crippen molar-refractivity contribution in [1.29, 1.82) is 0 Å². The van der Waals surface area contributed by atoms with Gasteiger partial charge in [-0.3, -0.25) is 0 Å².